The molecule has 2 heterocycles. The van der Waals surface area contributed by atoms with Crippen LogP contribution in [-0.2, 0) is 20.0 Å². The smallest absolute Gasteiger partial charge is 0.0534 e. The first kappa shape index (κ1) is 18.1. The molecule has 5 nitrogen and oxygen atoms in total. The van der Waals surface area contributed by atoms with E-state index in [4.69, 9.17) is 0 Å². The van der Waals surface area contributed by atoms with Gasteiger partial charge in [0.2, 0.25) is 0 Å². The van der Waals surface area contributed by atoms with Crippen molar-refractivity contribution >= 4 is 0 Å². The molecule has 5 heteroatoms. The van der Waals surface area contributed by atoms with E-state index >= 15 is 0 Å². The van der Waals surface area contributed by atoms with Crippen LogP contribution in [0.5, 0.6) is 0 Å². The summed E-state index contributed by atoms with van der Waals surface area (Å²) in [5.41, 5.74) is 2.68. The van der Waals surface area contributed by atoms with Crippen molar-refractivity contribution in [1.82, 2.24) is 19.6 Å². The summed E-state index contributed by atoms with van der Waals surface area (Å²) in [5, 5.41) is 13.7. The molecule has 0 spiro atoms. The number of hydrogen-bond acceptors (Lipinski definition) is 4. The number of aromatic nitrogens is 2. The van der Waals surface area contributed by atoms with Gasteiger partial charge in [0.25, 0.3) is 0 Å². The Balaban J connectivity index is 1.49. The molecule has 0 aliphatic carbocycles. The minimum absolute atomic E-state index is 0.264. The Kier molecular flexibility index (Phi) is 6.62. The van der Waals surface area contributed by atoms with Crippen molar-refractivity contribution in [2.45, 2.75) is 31.8 Å². The Morgan fingerprint density at radius 2 is 2.00 bits per heavy atom. The number of aliphatic hydroxyl groups excluding tert-OH is 1. The zero-order valence-electron chi connectivity index (χ0n) is 15.2. The standard InChI is InChI=1S/C20H30N4O/c1-22-15-19(14-21-22)16-23-11-12-24(20(17-23)9-13-25)10-5-8-18-6-3-2-4-7-18/h2-4,6-7,14-15,20,25H,5,8-13,16-17H2,1H3. The zero-order valence-corrected chi connectivity index (χ0v) is 15.2. The molecule has 1 aromatic heterocycles. The fourth-order valence-corrected chi connectivity index (χ4v) is 3.76. The predicted molar refractivity (Wildman–Crippen MR) is 100 cm³/mol. The van der Waals surface area contributed by atoms with Crippen molar-refractivity contribution < 1.29 is 5.11 Å². The molecule has 25 heavy (non-hydrogen) atoms. The van der Waals surface area contributed by atoms with Crippen molar-refractivity contribution in [2.24, 2.45) is 7.05 Å². The fourth-order valence-electron chi connectivity index (χ4n) is 3.76. The molecule has 0 saturated carbocycles. The molecule has 0 amide bonds. The van der Waals surface area contributed by atoms with E-state index in [-0.39, 0.29) is 6.61 Å². The molecule has 1 N–H and O–H groups in total. The number of aryl methyl sites for hydroxylation is 2. The van der Waals surface area contributed by atoms with Gasteiger partial charge in [0, 0.05) is 57.6 Å². The SMILES string of the molecule is Cn1cc(CN2CCN(CCCc3ccccc3)C(CCO)C2)cn1. The first-order valence-corrected chi connectivity index (χ1v) is 9.33. The first-order chi connectivity index (χ1) is 12.2. The highest BCUT2D eigenvalue weighted by Gasteiger charge is 2.26. The third kappa shape index (κ3) is 5.39. The molecular weight excluding hydrogens is 312 g/mol. The Hall–Kier alpha value is -1.69. The van der Waals surface area contributed by atoms with Gasteiger partial charge in [-0.25, -0.2) is 0 Å². The van der Waals surface area contributed by atoms with Gasteiger partial charge in [-0.2, -0.15) is 5.10 Å². The number of aliphatic hydroxyl groups is 1. The lowest BCUT2D eigenvalue weighted by molar-refractivity contribution is 0.0547. The predicted octanol–water partition coefficient (Wildman–Crippen LogP) is 1.92. The summed E-state index contributed by atoms with van der Waals surface area (Å²) in [7, 11) is 1.96. The van der Waals surface area contributed by atoms with Crippen LogP contribution in [-0.4, -0.2) is 63.5 Å². The van der Waals surface area contributed by atoms with Crippen LogP contribution in [0.2, 0.25) is 0 Å². The van der Waals surface area contributed by atoms with Crippen LogP contribution in [0.3, 0.4) is 0 Å². The quantitative estimate of drug-likeness (QED) is 0.796. The average Bonchev–Trinajstić information content (AvgIpc) is 3.03. The van der Waals surface area contributed by atoms with Crippen molar-refractivity contribution in [3.63, 3.8) is 0 Å². The molecule has 1 aliphatic heterocycles. The van der Waals surface area contributed by atoms with Gasteiger partial charge in [0.05, 0.1) is 6.20 Å². The highest BCUT2D eigenvalue weighted by molar-refractivity contribution is 5.14. The van der Waals surface area contributed by atoms with E-state index < -0.39 is 0 Å². The van der Waals surface area contributed by atoms with Gasteiger partial charge in [-0.1, -0.05) is 30.3 Å². The molecule has 1 aromatic carbocycles. The van der Waals surface area contributed by atoms with Gasteiger partial charge in [-0.15, -0.1) is 0 Å². The minimum atomic E-state index is 0.264. The van der Waals surface area contributed by atoms with Crippen molar-refractivity contribution in [3.05, 3.63) is 53.9 Å². The third-order valence-corrected chi connectivity index (χ3v) is 5.07. The van der Waals surface area contributed by atoms with E-state index in [1.807, 2.05) is 17.9 Å². The maximum atomic E-state index is 9.46. The van der Waals surface area contributed by atoms with Gasteiger partial charge >= 0.3 is 0 Å². The second-order valence-electron chi connectivity index (χ2n) is 7.05. The summed E-state index contributed by atoms with van der Waals surface area (Å²) in [6.45, 7) is 5.52. The lowest BCUT2D eigenvalue weighted by Crippen LogP contribution is -2.53. The average molecular weight is 342 g/mol. The fraction of sp³-hybridized carbons (Fsp3) is 0.550. The second kappa shape index (κ2) is 9.13. The van der Waals surface area contributed by atoms with E-state index in [1.54, 1.807) is 0 Å². The summed E-state index contributed by atoms with van der Waals surface area (Å²) in [4.78, 5) is 5.06. The maximum absolute atomic E-state index is 9.46. The van der Waals surface area contributed by atoms with E-state index in [0.717, 1.165) is 45.6 Å². The Morgan fingerprint density at radius 3 is 2.72 bits per heavy atom. The molecular formula is C20H30N4O. The highest BCUT2D eigenvalue weighted by atomic mass is 16.3. The monoisotopic (exact) mass is 342 g/mol. The zero-order chi connectivity index (χ0) is 17.5. The van der Waals surface area contributed by atoms with Gasteiger partial charge in [-0.3, -0.25) is 14.5 Å². The van der Waals surface area contributed by atoms with Crippen molar-refractivity contribution in [2.75, 3.05) is 32.8 Å². The van der Waals surface area contributed by atoms with Crippen LogP contribution in [0, 0.1) is 0 Å². The van der Waals surface area contributed by atoms with Crippen molar-refractivity contribution in [3.8, 4) is 0 Å². The van der Waals surface area contributed by atoms with Gasteiger partial charge in [0.15, 0.2) is 0 Å². The molecule has 0 bridgehead atoms. The van der Waals surface area contributed by atoms with E-state index in [9.17, 15) is 5.11 Å². The molecule has 3 rings (SSSR count). The van der Waals surface area contributed by atoms with E-state index in [2.05, 4.69) is 51.4 Å². The first-order valence-electron chi connectivity index (χ1n) is 9.33. The minimum Gasteiger partial charge on any atom is -0.396 e. The summed E-state index contributed by atoms with van der Waals surface area (Å²) in [5.74, 6) is 0. The summed E-state index contributed by atoms with van der Waals surface area (Å²) in [6.07, 6.45) is 7.20. The highest BCUT2D eigenvalue weighted by Crippen LogP contribution is 2.16. The summed E-state index contributed by atoms with van der Waals surface area (Å²) in [6, 6.07) is 11.2. The van der Waals surface area contributed by atoms with Crippen LogP contribution in [0.4, 0.5) is 0 Å². The second-order valence-corrected chi connectivity index (χ2v) is 7.05. The van der Waals surface area contributed by atoms with Crippen LogP contribution in [0.15, 0.2) is 42.7 Å². The number of nitrogens with zero attached hydrogens (tertiary/aromatic N) is 4. The van der Waals surface area contributed by atoms with Gasteiger partial charge in [-0.05, 0) is 31.4 Å². The molecule has 1 aliphatic rings. The van der Waals surface area contributed by atoms with E-state index in [0.29, 0.717) is 6.04 Å². The van der Waals surface area contributed by atoms with Crippen LogP contribution < -0.4 is 0 Å². The van der Waals surface area contributed by atoms with Crippen LogP contribution in [0.1, 0.15) is 24.0 Å². The van der Waals surface area contributed by atoms with Crippen LogP contribution >= 0.6 is 0 Å². The van der Waals surface area contributed by atoms with Gasteiger partial charge in [0.1, 0.15) is 0 Å². The number of hydrogen-bond donors (Lipinski definition) is 1. The maximum Gasteiger partial charge on any atom is 0.0534 e. The van der Waals surface area contributed by atoms with Gasteiger partial charge < -0.3 is 5.11 Å². The van der Waals surface area contributed by atoms with Crippen LogP contribution in [0.25, 0.3) is 0 Å². The number of benzene rings is 1. The topological polar surface area (TPSA) is 44.5 Å². The molecule has 1 unspecified atom stereocenters. The lowest BCUT2D eigenvalue weighted by atomic mass is 10.1. The molecule has 0 radical (unpaired) electrons. The van der Waals surface area contributed by atoms with Crippen molar-refractivity contribution in [1.29, 1.82) is 0 Å². The van der Waals surface area contributed by atoms with E-state index in [1.165, 1.54) is 17.5 Å². The number of rotatable bonds is 8. The molecule has 1 fully saturated rings. The Morgan fingerprint density at radius 1 is 1.16 bits per heavy atom. The Labute approximate surface area is 150 Å². The number of piperazine rings is 1. The largest absolute Gasteiger partial charge is 0.396 e. The Bertz CT molecular complexity index is 628. The molecule has 1 saturated heterocycles. The normalized spacial score (nSPS) is 19.4. The molecule has 1 atom stereocenters. The molecule has 136 valence electrons. The summed E-state index contributed by atoms with van der Waals surface area (Å²) < 4.78 is 1.86. The lowest BCUT2D eigenvalue weighted by Gasteiger charge is -2.41. The summed E-state index contributed by atoms with van der Waals surface area (Å²) >= 11 is 0. The third-order valence-electron chi connectivity index (χ3n) is 5.07. The molecule has 2 aromatic rings.